The Morgan fingerprint density at radius 3 is 2.38 bits per heavy atom. The van der Waals surface area contributed by atoms with E-state index in [1.807, 2.05) is 6.92 Å². The molecule has 0 aromatic heterocycles. The molecule has 0 bridgehead atoms. The van der Waals surface area contributed by atoms with E-state index in [-0.39, 0.29) is 6.03 Å². The van der Waals surface area contributed by atoms with Crippen LogP contribution in [0.25, 0.3) is 0 Å². The van der Waals surface area contributed by atoms with Gasteiger partial charge in [-0.15, -0.1) is 0 Å². The second kappa shape index (κ2) is 5.18. The third-order valence-corrected chi connectivity index (χ3v) is 3.12. The third-order valence-electron chi connectivity index (χ3n) is 3.12. The first-order valence-corrected chi connectivity index (χ1v) is 5.78. The van der Waals surface area contributed by atoms with Crippen molar-refractivity contribution in [3.8, 4) is 0 Å². The highest BCUT2D eigenvalue weighted by molar-refractivity contribution is 5.86. The predicted molar refractivity (Wildman–Crippen MR) is 60.3 cm³/mol. The molecular formula is C11H20N2O3. The molecule has 92 valence electrons. The SMILES string of the molecule is CCCN(C)C(=O)NC1(C(=O)O)CCCC1. The zero-order chi connectivity index (χ0) is 12.2. The second-order valence-electron chi connectivity index (χ2n) is 4.45. The topological polar surface area (TPSA) is 69.6 Å². The number of hydrogen-bond donors (Lipinski definition) is 2. The second-order valence-corrected chi connectivity index (χ2v) is 4.45. The average Bonchev–Trinajstić information content (AvgIpc) is 2.68. The third kappa shape index (κ3) is 2.65. The first-order chi connectivity index (χ1) is 7.52. The predicted octanol–water partition coefficient (Wildman–Crippen LogP) is 1.44. The summed E-state index contributed by atoms with van der Waals surface area (Å²) in [5, 5.41) is 11.9. The largest absolute Gasteiger partial charge is 0.480 e. The molecule has 1 fully saturated rings. The van der Waals surface area contributed by atoms with Crippen LogP contribution < -0.4 is 5.32 Å². The van der Waals surface area contributed by atoms with Gasteiger partial charge in [0.05, 0.1) is 0 Å². The van der Waals surface area contributed by atoms with Crippen molar-refractivity contribution >= 4 is 12.0 Å². The van der Waals surface area contributed by atoms with Crippen LogP contribution in [0.3, 0.4) is 0 Å². The molecule has 0 radical (unpaired) electrons. The summed E-state index contributed by atoms with van der Waals surface area (Å²) in [4.78, 5) is 24.5. The molecule has 16 heavy (non-hydrogen) atoms. The van der Waals surface area contributed by atoms with Crippen molar-refractivity contribution in [2.45, 2.75) is 44.6 Å². The lowest BCUT2D eigenvalue weighted by atomic mass is 9.98. The smallest absolute Gasteiger partial charge is 0.329 e. The van der Waals surface area contributed by atoms with Crippen molar-refractivity contribution < 1.29 is 14.7 Å². The van der Waals surface area contributed by atoms with Gasteiger partial charge in [-0.3, -0.25) is 0 Å². The van der Waals surface area contributed by atoms with Gasteiger partial charge in [-0.05, 0) is 19.3 Å². The van der Waals surface area contributed by atoms with E-state index in [0.717, 1.165) is 19.3 Å². The Morgan fingerprint density at radius 2 is 1.94 bits per heavy atom. The fourth-order valence-corrected chi connectivity index (χ4v) is 2.11. The van der Waals surface area contributed by atoms with Crippen LogP contribution in [-0.4, -0.2) is 41.1 Å². The maximum atomic E-state index is 11.8. The number of rotatable bonds is 4. The van der Waals surface area contributed by atoms with Gasteiger partial charge in [0.2, 0.25) is 0 Å². The number of nitrogens with one attached hydrogen (secondary N) is 1. The van der Waals surface area contributed by atoms with Gasteiger partial charge in [0.15, 0.2) is 0 Å². The van der Waals surface area contributed by atoms with E-state index in [1.165, 1.54) is 4.90 Å². The Bertz CT molecular complexity index is 272. The minimum atomic E-state index is -1.03. The van der Waals surface area contributed by atoms with Crippen molar-refractivity contribution in [2.24, 2.45) is 0 Å². The van der Waals surface area contributed by atoms with E-state index in [1.54, 1.807) is 7.05 Å². The Balaban J connectivity index is 2.62. The lowest BCUT2D eigenvalue weighted by molar-refractivity contribution is -0.144. The number of hydrogen-bond acceptors (Lipinski definition) is 2. The van der Waals surface area contributed by atoms with E-state index in [4.69, 9.17) is 0 Å². The number of carboxylic acids is 1. The number of amides is 2. The Morgan fingerprint density at radius 1 is 1.38 bits per heavy atom. The van der Waals surface area contributed by atoms with E-state index in [0.29, 0.717) is 19.4 Å². The van der Waals surface area contributed by atoms with E-state index in [2.05, 4.69) is 5.32 Å². The van der Waals surface area contributed by atoms with Crippen LogP contribution in [0.15, 0.2) is 0 Å². The molecule has 5 heteroatoms. The van der Waals surface area contributed by atoms with Gasteiger partial charge in [0.25, 0.3) is 0 Å². The van der Waals surface area contributed by atoms with Crippen molar-refractivity contribution in [3.63, 3.8) is 0 Å². The van der Waals surface area contributed by atoms with Crippen LogP contribution in [0.5, 0.6) is 0 Å². The number of carbonyl (C=O) groups excluding carboxylic acids is 1. The van der Waals surface area contributed by atoms with Crippen LogP contribution in [0.2, 0.25) is 0 Å². The maximum Gasteiger partial charge on any atom is 0.329 e. The van der Waals surface area contributed by atoms with Crippen molar-refractivity contribution in [1.29, 1.82) is 0 Å². The van der Waals surface area contributed by atoms with Crippen LogP contribution in [-0.2, 0) is 4.79 Å². The molecule has 1 rings (SSSR count). The Hall–Kier alpha value is -1.26. The molecule has 0 saturated heterocycles. The fraction of sp³-hybridized carbons (Fsp3) is 0.818. The molecule has 0 aromatic rings. The maximum absolute atomic E-state index is 11.8. The number of urea groups is 1. The van der Waals surface area contributed by atoms with Gasteiger partial charge >= 0.3 is 12.0 Å². The van der Waals surface area contributed by atoms with Crippen molar-refractivity contribution in [2.75, 3.05) is 13.6 Å². The van der Waals surface area contributed by atoms with E-state index < -0.39 is 11.5 Å². The molecule has 2 amide bonds. The molecule has 0 heterocycles. The minimum absolute atomic E-state index is 0.286. The van der Waals surface area contributed by atoms with Gasteiger partial charge < -0.3 is 15.3 Å². The summed E-state index contributed by atoms with van der Waals surface area (Å²) < 4.78 is 0. The highest BCUT2D eigenvalue weighted by Crippen LogP contribution is 2.30. The molecule has 0 aromatic carbocycles. The number of aliphatic carboxylic acids is 1. The summed E-state index contributed by atoms with van der Waals surface area (Å²) in [6, 6.07) is -0.286. The molecule has 1 saturated carbocycles. The average molecular weight is 228 g/mol. The lowest BCUT2D eigenvalue weighted by Gasteiger charge is -2.28. The lowest BCUT2D eigenvalue weighted by Crippen LogP contribution is -2.55. The Kier molecular flexibility index (Phi) is 4.15. The van der Waals surface area contributed by atoms with Gasteiger partial charge in [0.1, 0.15) is 5.54 Å². The van der Waals surface area contributed by atoms with Gasteiger partial charge in [-0.2, -0.15) is 0 Å². The monoisotopic (exact) mass is 228 g/mol. The van der Waals surface area contributed by atoms with Gasteiger partial charge in [-0.1, -0.05) is 19.8 Å². The standard InChI is InChI=1S/C11H20N2O3/c1-3-8-13(2)10(16)12-11(9(14)15)6-4-5-7-11/h3-8H2,1-2H3,(H,12,16)(H,14,15). The fourth-order valence-electron chi connectivity index (χ4n) is 2.11. The molecule has 5 nitrogen and oxygen atoms in total. The van der Waals surface area contributed by atoms with Crippen LogP contribution in [0, 0.1) is 0 Å². The molecule has 1 aliphatic rings. The number of carbonyl (C=O) groups is 2. The van der Waals surface area contributed by atoms with Crippen LogP contribution >= 0.6 is 0 Å². The summed E-state index contributed by atoms with van der Waals surface area (Å²) in [6.45, 7) is 2.62. The Labute approximate surface area is 95.8 Å². The summed E-state index contributed by atoms with van der Waals surface area (Å²) in [7, 11) is 1.68. The van der Waals surface area contributed by atoms with Crippen LogP contribution in [0.4, 0.5) is 4.79 Å². The quantitative estimate of drug-likeness (QED) is 0.764. The summed E-state index contributed by atoms with van der Waals surface area (Å²) in [5.41, 5.74) is -1.03. The zero-order valence-electron chi connectivity index (χ0n) is 9.95. The van der Waals surface area contributed by atoms with Gasteiger partial charge in [0, 0.05) is 13.6 Å². The molecule has 1 aliphatic carbocycles. The minimum Gasteiger partial charge on any atom is -0.480 e. The van der Waals surface area contributed by atoms with E-state index in [9.17, 15) is 14.7 Å². The molecule has 0 atom stereocenters. The first-order valence-electron chi connectivity index (χ1n) is 5.78. The molecule has 0 aliphatic heterocycles. The van der Waals surface area contributed by atoms with Crippen molar-refractivity contribution in [1.82, 2.24) is 10.2 Å². The molecule has 0 unspecified atom stereocenters. The first kappa shape index (κ1) is 12.8. The number of carboxylic acid groups (broad SMARTS) is 1. The van der Waals surface area contributed by atoms with Gasteiger partial charge in [-0.25, -0.2) is 9.59 Å². The van der Waals surface area contributed by atoms with E-state index >= 15 is 0 Å². The zero-order valence-corrected chi connectivity index (χ0v) is 9.95. The number of nitrogens with zero attached hydrogens (tertiary/aromatic N) is 1. The summed E-state index contributed by atoms with van der Waals surface area (Å²) in [5.74, 6) is -0.914. The van der Waals surface area contributed by atoms with Crippen molar-refractivity contribution in [3.05, 3.63) is 0 Å². The summed E-state index contributed by atoms with van der Waals surface area (Å²) >= 11 is 0. The molecule has 2 N–H and O–H groups in total. The molecule has 0 spiro atoms. The highest BCUT2D eigenvalue weighted by Gasteiger charge is 2.43. The summed E-state index contributed by atoms with van der Waals surface area (Å²) in [6.07, 6.45) is 3.67. The normalized spacial score (nSPS) is 18.1. The highest BCUT2D eigenvalue weighted by atomic mass is 16.4. The van der Waals surface area contributed by atoms with Crippen LogP contribution in [0.1, 0.15) is 39.0 Å². The molecular weight excluding hydrogens is 208 g/mol.